The van der Waals surface area contributed by atoms with Gasteiger partial charge in [-0.2, -0.15) is 13.2 Å². The third-order valence-electron chi connectivity index (χ3n) is 3.07. The molecule has 4 nitrogen and oxygen atoms in total. The molecule has 0 spiro atoms. The fourth-order valence-electron chi connectivity index (χ4n) is 2.08. The van der Waals surface area contributed by atoms with Crippen LogP contribution in [-0.4, -0.2) is 22.8 Å². The minimum Gasteiger partial charge on any atom is -0.364 e. The molecule has 0 amide bonds. The predicted octanol–water partition coefficient (Wildman–Crippen LogP) is 4.38. The van der Waals surface area contributed by atoms with Crippen LogP contribution in [0, 0.1) is 0 Å². The maximum Gasteiger partial charge on any atom is 0.411 e. The number of hydrogen-bond donors (Lipinski definition) is 1. The quantitative estimate of drug-likeness (QED) is 0.737. The summed E-state index contributed by atoms with van der Waals surface area (Å²) < 4.78 is 41.2. The van der Waals surface area contributed by atoms with Crippen molar-refractivity contribution in [2.24, 2.45) is 0 Å². The number of nitrogens with one attached hydrogen (secondary N) is 1. The van der Waals surface area contributed by atoms with E-state index < -0.39 is 24.9 Å². The first-order chi connectivity index (χ1) is 11.3. The average Bonchev–Trinajstić information content (AvgIpc) is 2.91. The lowest BCUT2D eigenvalue weighted by Crippen LogP contribution is -2.18. The monoisotopic (exact) mass is 374 g/mol. The van der Waals surface area contributed by atoms with Crippen molar-refractivity contribution < 1.29 is 17.9 Å². The molecule has 3 rings (SSSR count). The van der Waals surface area contributed by atoms with E-state index in [1.165, 1.54) is 11.3 Å². The topological polar surface area (TPSA) is 55.0 Å². The Balaban J connectivity index is 1.88. The van der Waals surface area contributed by atoms with Crippen LogP contribution in [-0.2, 0) is 11.3 Å². The molecular weight excluding hydrogens is 365 g/mol. The number of ether oxygens (including phenoxy) is 1. The van der Waals surface area contributed by atoms with Gasteiger partial charge in [-0.25, -0.2) is 4.98 Å². The van der Waals surface area contributed by atoms with E-state index in [9.17, 15) is 18.0 Å². The van der Waals surface area contributed by atoms with Crippen LogP contribution in [0.3, 0.4) is 0 Å². The molecule has 0 aliphatic rings. The first kappa shape index (κ1) is 16.9. The van der Waals surface area contributed by atoms with Gasteiger partial charge in [-0.1, -0.05) is 23.7 Å². The number of thiophene rings is 1. The molecule has 24 heavy (non-hydrogen) atoms. The minimum atomic E-state index is -4.42. The molecule has 0 saturated heterocycles. The molecule has 1 aromatic carbocycles. The van der Waals surface area contributed by atoms with Gasteiger partial charge in [0, 0.05) is 9.90 Å². The Kier molecular flexibility index (Phi) is 4.62. The highest BCUT2D eigenvalue weighted by Crippen LogP contribution is 2.31. The minimum absolute atomic E-state index is 0.0530. The number of rotatable bonds is 4. The van der Waals surface area contributed by atoms with Gasteiger partial charge in [0.25, 0.3) is 5.56 Å². The molecule has 3 aromatic rings. The average molecular weight is 375 g/mol. The van der Waals surface area contributed by atoms with E-state index in [-0.39, 0.29) is 5.82 Å². The second-order valence-corrected chi connectivity index (χ2v) is 6.44. The summed E-state index contributed by atoms with van der Waals surface area (Å²) in [6.45, 7) is -1.81. The van der Waals surface area contributed by atoms with Gasteiger partial charge < -0.3 is 9.72 Å². The van der Waals surface area contributed by atoms with Crippen LogP contribution >= 0.6 is 22.9 Å². The number of halogens is 4. The van der Waals surface area contributed by atoms with E-state index in [2.05, 4.69) is 14.7 Å². The SMILES string of the molecule is O=c1[nH]c(COCC(F)(F)F)nc2cc(-c3ccc(Cl)cc3)sc12. The van der Waals surface area contributed by atoms with Gasteiger partial charge in [-0.15, -0.1) is 11.3 Å². The first-order valence-electron chi connectivity index (χ1n) is 6.75. The van der Waals surface area contributed by atoms with Crippen molar-refractivity contribution in [1.82, 2.24) is 9.97 Å². The highest BCUT2D eigenvalue weighted by molar-refractivity contribution is 7.22. The van der Waals surface area contributed by atoms with E-state index in [0.717, 1.165) is 10.4 Å². The largest absolute Gasteiger partial charge is 0.411 e. The summed E-state index contributed by atoms with van der Waals surface area (Å²) in [6.07, 6.45) is -4.42. The van der Waals surface area contributed by atoms with Crippen LogP contribution in [0.15, 0.2) is 35.1 Å². The van der Waals surface area contributed by atoms with Gasteiger partial charge in [-0.05, 0) is 23.8 Å². The molecular formula is C15H10ClF3N2O2S. The third kappa shape index (κ3) is 3.95. The van der Waals surface area contributed by atoms with E-state index in [1.54, 1.807) is 18.2 Å². The molecule has 0 aliphatic carbocycles. The molecule has 0 atom stereocenters. The zero-order chi connectivity index (χ0) is 17.3. The Bertz CT molecular complexity index is 919. The van der Waals surface area contributed by atoms with Crippen molar-refractivity contribution in [3.05, 3.63) is 51.5 Å². The van der Waals surface area contributed by atoms with Crippen molar-refractivity contribution in [2.75, 3.05) is 6.61 Å². The molecule has 1 N–H and O–H groups in total. The second-order valence-electron chi connectivity index (χ2n) is 4.95. The van der Waals surface area contributed by atoms with Crippen molar-refractivity contribution in [3.63, 3.8) is 0 Å². The fraction of sp³-hybridized carbons (Fsp3) is 0.200. The van der Waals surface area contributed by atoms with Gasteiger partial charge in [0.1, 0.15) is 23.7 Å². The van der Waals surface area contributed by atoms with E-state index in [0.29, 0.717) is 15.2 Å². The highest BCUT2D eigenvalue weighted by Gasteiger charge is 2.27. The number of alkyl halides is 3. The van der Waals surface area contributed by atoms with Crippen molar-refractivity contribution in [3.8, 4) is 10.4 Å². The number of nitrogens with zero attached hydrogens (tertiary/aromatic N) is 1. The zero-order valence-corrected chi connectivity index (χ0v) is 13.6. The Labute approximate surface area is 142 Å². The number of H-pyrrole nitrogens is 1. The molecule has 0 saturated carbocycles. The number of fused-ring (bicyclic) bond motifs is 1. The van der Waals surface area contributed by atoms with Gasteiger partial charge in [0.15, 0.2) is 0 Å². The van der Waals surface area contributed by atoms with Crippen molar-refractivity contribution in [2.45, 2.75) is 12.8 Å². The number of aromatic amines is 1. The van der Waals surface area contributed by atoms with Crippen LogP contribution in [0.2, 0.25) is 5.02 Å². The molecule has 126 valence electrons. The standard InChI is InChI=1S/C15H10ClF3N2O2S/c16-9-3-1-8(2-4-9)11-5-10-13(24-11)14(22)21-12(20-10)6-23-7-15(17,18)19/h1-5H,6-7H2,(H,20,21,22). The van der Waals surface area contributed by atoms with E-state index in [1.807, 2.05) is 12.1 Å². The lowest BCUT2D eigenvalue weighted by molar-refractivity contribution is -0.177. The number of benzene rings is 1. The van der Waals surface area contributed by atoms with Crippen LogP contribution < -0.4 is 5.56 Å². The van der Waals surface area contributed by atoms with E-state index in [4.69, 9.17) is 11.6 Å². The summed E-state index contributed by atoms with van der Waals surface area (Å²) >= 11 is 7.10. The summed E-state index contributed by atoms with van der Waals surface area (Å²) in [4.78, 5) is 19.5. The molecule has 0 aliphatic heterocycles. The normalized spacial score (nSPS) is 12.0. The van der Waals surface area contributed by atoms with E-state index >= 15 is 0 Å². The molecule has 2 aromatic heterocycles. The Hall–Kier alpha value is -1.90. The molecule has 0 fully saturated rings. The maximum absolute atomic E-state index is 12.1. The smallest absolute Gasteiger partial charge is 0.364 e. The van der Waals surface area contributed by atoms with Crippen LogP contribution in [0.5, 0.6) is 0 Å². The van der Waals surface area contributed by atoms with Gasteiger partial charge in [0.2, 0.25) is 0 Å². The molecule has 9 heteroatoms. The first-order valence-corrected chi connectivity index (χ1v) is 7.94. The second kappa shape index (κ2) is 6.54. The number of hydrogen-bond acceptors (Lipinski definition) is 4. The lowest BCUT2D eigenvalue weighted by Gasteiger charge is -2.06. The fourth-order valence-corrected chi connectivity index (χ4v) is 3.20. The Morgan fingerprint density at radius 1 is 1.25 bits per heavy atom. The third-order valence-corrected chi connectivity index (χ3v) is 4.49. The summed E-state index contributed by atoms with van der Waals surface area (Å²) in [5.74, 6) is 0.0530. The lowest BCUT2D eigenvalue weighted by atomic mass is 10.2. The summed E-state index contributed by atoms with van der Waals surface area (Å²) in [5.41, 5.74) is 0.881. The van der Waals surface area contributed by atoms with Gasteiger partial charge >= 0.3 is 6.18 Å². The molecule has 0 unspecified atom stereocenters. The van der Waals surface area contributed by atoms with Crippen LogP contribution in [0.4, 0.5) is 13.2 Å². The van der Waals surface area contributed by atoms with Crippen molar-refractivity contribution >= 4 is 33.2 Å². The number of aromatic nitrogens is 2. The van der Waals surface area contributed by atoms with Crippen LogP contribution in [0.1, 0.15) is 5.82 Å². The van der Waals surface area contributed by atoms with Gasteiger partial charge in [-0.3, -0.25) is 4.79 Å². The zero-order valence-electron chi connectivity index (χ0n) is 12.0. The van der Waals surface area contributed by atoms with Crippen LogP contribution in [0.25, 0.3) is 20.7 Å². The molecule has 2 heterocycles. The Morgan fingerprint density at radius 2 is 1.96 bits per heavy atom. The maximum atomic E-state index is 12.1. The summed E-state index contributed by atoms with van der Waals surface area (Å²) in [6, 6.07) is 8.81. The van der Waals surface area contributed by atoms with Gasteiger partial charge in [0.05, 0.1) is 5.52 Å². The Morgan fingerprint density at radius 3 is 2.62 bits per heavy atom. The summed E-state index contributed by atoms with van der Waals surface area (Å²) in [7, 11) is 0. The molecule has 0 radical (unpaired) electrons. The predicted molar refractivity (Wildman–Crippen MR) is 86.4 cm³/mol. The van der Waals surface area contributed by atoms with Crippen molar-refractivity contribution in [1.29, 1.82) is 0 Å². The molecule has 0 bridgehead atoms. The summed E-state index contributed by atoms with van der Waals surface area (Å²) in [5, 5.41) is 0.597. The highest BCUT2D eigenvalue weighted by atomic mass is 35.5.